The van der Waals surface area contributed by atoms with Crippen molar-refractivity contribution >= 4 is 12.6 Å². The van der Waals surface area contributed by atoms with Crippen LogP contribution in [0.3, 0.4) is 0 Å². The minimum absolute atomic E-state index is 0.228. The van der Waals surface area contributed by atoms with E-state index in [2.05, 4.69) is 19.6 Å². The Morgan fingerprint density at radius 2 is 1.61 bits per heavy atom. The summed E-state index contributed by atoms with van der Waals surface area (Å²) < 4.78 is 80.9. The van der Waals surface area contributed by atoms with Crippen molar-refractivity contribution in [2.75, 3.05) is 6.61 Å². The number of hydrogen-bond donors (Lipinski definition) is 1. The van der Waals surface area contributed by atoms with Gasteiger partial charge in [0.05, 0.1) is 0 Å². The number of unbranched alkanes of at least 4 members (excludes halogenated alkanes) is 2. The third kappa shape index (κ3) is 5.33. The van der Waals surface area contributed by atoms with Gasteiger partial charge in [0, 0.05) is 11.3 Å². The Labute approximate surface area is 187 Å². The second-order valence-corrected chi connectivity index (χ2v) is 9.85. The van der Waals surface area contributed by atoms with Gasteiger partial charge in [0.25, 0.3) is 0 Å². The van der Waals surface area contributed by atoms with E-state index in [-0.39, 0.29) is 5.75 Å². The van der Waals surface area contributed by atoms with Gasteiger partial charge in [0.15, 0.2) is 23.7 Å². The van der Waals surface area contributed by atoms with Crippen LogP contribution in [0.1, 0.15) is 64.7 Å². The molecule has 3 rings (SSSR count). The molecule has 0 spiro atoms. The molecular weight excluding hydrogens is 431 g/mol. The summed E-state index contributed by atoms with van der Waals surface area (Å²) in [6, 6.07) is 6.19. The second kappa shape index (κ2) is 10.3. The van der Waals surface area contributed by atoms with E-state index in [4.69, 9.17) is 4.74 Å². The summed E-state index contributed by atoms with van der Waals surface area (Å²) in [5.74, 6) is -0.275. The highest BCUT2D eigenvalue weighted by Gasteiger charge is 2.67. The fourth-order valence-electron chi connectivity index (χ4n) is 5.17. The maximum Gasteiger partial charge on any atom is 0.181 e. The van der Waals surface area contributed by atoms with Crippen LogP contribution < -0.4 is 4.74 Å². The smallest absolute Gasteiger partial charge is 0.181 e. The van der Waals surface area contributed by atoms with Crippen LogP contribution in [0.15, 0.2) is 29.2 Å². The molecule has 1 nitrogen and oxygen atoms in total. The molecule has 0 radical (unpaired) electrons. The maximum atomic E-state index is 15.7. The fraction of sp³-hybridized carbons (Fsp3) is 0.750. The van der Waals surface area contributed by atoms with Crippen molar-refractivity contribution in [1.29, 1.82) is 0 Å². The lowest BCUT2D eigenvalue weighted by molar-refractivity contribution is -0.186. The van der Waals surface area contributed by atoms with Gasteiger partial charge in [-0.05, 0) is 48.9 Å². The molecule has 7 heteroatoms. The molecule has 2 saturated carbocycles. The normalized spacial score (nSPS) is 38.7. The Hall–Kier alpha value is -0.980. The van der Waals surface area contributed by atoms with Crippen LogP contribution in [0.5, 0.6) is 5.75 Å². The lowest BCUT2D eigenvalue weighted by Gasteiger charge is -2.49. The zero-order chi connectivity index (χ0) is 22.6. The summed E-state index contributed by atoms with van der Waals surface area (Å²) in [4.78, 5) is 0.651. The molecule has 0 aliphatic heterocycles. The maximum absolute atomic E-state index is 15.7. The largest absolute Gasteiger partial charge is 0.490 e. The van der Waals surface area contributed by atoms with Gasteiger partial charge in [-0.1, -0.05) is 45.4 Å². The van der Waals surface area contributed by atoms with Gasteiger partial charge in [0.2, 0.25) is 0 Å². The van der Waals surface area contributed by atoms with E-state index >= 15 is 8.78 Å². The standard InChI is InChI=1S/C24H33F5OS/c1-2-3-4-5-16-6-8-17(9-7-16)24(29)20(25)14-23(28,21(26)22(24)27)15-30-18-10-12-19(31)13-11-18/h10-13,16-17,20-22,31H,2-9,14-15H2,1H3. The first-order chi connectivity index (χ1) is 14.7. The van der Waals surface area contributed by atoms with E-state index in [9.17, 15) is 13.2 Å². The van der Waals surface area contributed by atoms with Gasteiger partial charge in [-0.2, -0.15) is 0 Å². The number of benzene rings is 1. The van der Waals surface area contributed by atoms with E-state index in [1.54, 1.807) is 12.1 Å². The minimum atomic E-state index is -2.99. The Morgan fingerprint density at radius 3 is 2.23 bits per heavy atom. The molecule has 0 aromatic heterocycles. The second-order valence-electron chi connectivity index (χ2n) is 9.33. The van der Waals surface area contributed by atoms with Crippen LogP contribution in [0.4, 0.5) is 22.0 Å². The highest BCUT2D eigenvalue weighted by atomic mass is 32.1. The molecule has 5 atom stereocenters. The van der Waals surface area contributed by atoms with E-state index in [1.165, 1.54) is 12.1 Å². The molecule has 1 aromatic carbocycles. The van der Waals surface area contributed by atoms with Crippen LogP contribution >= 0.6 is 12.6 Å². The van der Waals surface area contributed by atoms with Crippen LogP contribution in [0, 0.1) is 11.8 Å². The Morgan fingerprint density at radius 1 is 0.968 bits per heavy atom. The first kappa shape index (κ1) is 24.7. The van der Waals surface area contributed by atoms with E-state index in [0.29, 0.717) is 36.5 Å². The molecule has 0 heterocycles. The van der Waals surface area contributed by atoms with E-state index < -0.39 is 48.8 Å². The molecule has 0 bridgehead atoms. The lowest BCUT2D eigenvalue weighted by atomic mass is 9.64. The molecule has 5 unspecified atom stereocenters. The van der Waals surface area contributed by atoms with E-state index in [0.717, 1.165) is 25.7 Å². The SMILES string of the molecule is CCCCCC1CCC(C2(F)C(F)CC(F)(COc3ccc(S)cc3)C(F)C2F)CC1. The van der Waals surface area contributed by atoms with Crippen molar-refractivity contribution in [2.45, 2.75) is 99.5 Å². The average molecular weight is 465 g/mol. The summed E-state index contributed by atoms with van der Waals surface area (Å²) in [5.41, 5.74) is -5.91. The Kier molecular flexibility index (Phi) is 8.20. The van der Waals surface area contributed by atoms with E-state index in [1.807, 2.05) is 0 Å². The van der Waals surface area contributed by atoms with Crippen molar-refractivity contribution in [3.8, 4) is 5.75 Å². The highest BCUT2D eigenvalue weighted by molar-refractivity contribution is 7.80. The first-order valence-corrected chi connectivity index (χ1v) is 11.9. The van der Waals surface area contributed by atoms with Gasteiger partial charge in [0.1, 0.15) is 18.5 Å². The average Bonchev–Trinajstić information content (AvgIpc) is 2.77. The van der Waals surface area contributed by atoms with Crippen LogP contribution in [-0.4, -0.2) is 36.5 Å². The van der Waals surface area contributed by atoms with Crippen molar-refractivity contribution < 1.29 is 26.7 Å². The zero-order valence-corrected chi connectivity index (χ0v) is 18.9. The number of halogens is 5. The molecule has 31 heavy (non-hydrogen) atoms. The number of hydrogen-bond acceptors (Lipinski definition) is 2. The van der Waals surface area contributed by atoms with Crippen molar-refractivity contribution in [2.24, 2.45) is 11.8 Å². The van der Waals surface area contributed by atoms with Crippen molar-refractivity contribution in [3.05, 3.63) is 24.3 Å². The molecule has 0 saturated heterocycles. The molecule has 0 amide bonds. The van der Waals surface area contributed by atoms with Gasteiger partial charge in [-0.15, -0.1) is 12.6 Å². The Balaban J connectivity index is 1.62. The number of rotatable bonds is 8. The molecule has 176 valence electrons. The topological polar surface area (TPSA) is 9.23 Å². The van der Waals surface area contributed by atoms with Gasteiger partial charge < -0.3 is 4.74 Å². The fourth-order valence-corrected chi connectivity index (χ4v) is 5.32. The lowest BCUT2D eigenvalue weighted by Crippen LogP contribution is -2.66. The van der Waals surface area contributed by atoms with Crippen LogP contribution in [0.25, 0.3) is 0 Å². The summed E-state index contributed by atoms with van der Waals surface area (Å²) >= 11 is 4.12. The Bertz CT molecular complexity index is 696. The molecule has 2 aliphatic carbocycles. The summed E-state index contributed by atoms with van der Waals surface area (Å²) in [6.07, 6.45) is -2.74. The van der Waals surface area contributed by atoms with Crippen LogP contribution in [0.2, 0.25) is 0 Å². The number of alkyl halides is 5. The number of ether oxygens (including phenoxy) is 1. The molecule has 0 N–H and O–H groups in total. The highest BCUT2D eigenvalue weighted by Crippen LogP contribution is 2.52. The van der Waals surface area contributed by atoms with Gasteiger partial charge >= 0.3 is 0 Å². The molecule has 2 fully saturated rings. The first-order valence-electron chi connectivity index (χ1n) is 11.4. The predicted molar refractivity (Wildman–Crippen MR) is 116 cm³/mol. The molecule has 1 aromatic rings. The predicted octanol–water partition coefficient (Wildman–Crippen LogP) is 7.58. The quantitative estimate of drug-likeness (QED) is 0.237. The zero-order valence-electron chi connectivity index (χ0n) is 18.0. The van der Waals surface area contributed by atoms with Crippen molar-refractivity contribution in [1.82, 2.24) is 0 Å². The summed E-state index contributed by atoms with van der Waals surface area (Å²) in [7, 11) is 0. The molecular formula is C24H33F5OS. The third-order valence-corrected chi connectivity index (χ3v) is 7.47. The summed E-state index contributed by atoms with van der Waals surface area (Å²) in [6.45, 7) is 1.25. The number of thiol groups is 1. The summed E-state index contributed by atoms with van der Waals surface area (Å²) in [5, 5.41) is 0. The van der Waals surface area contributed by atoms with Gasteiger partial charge in [-0.3, -0.25) is 0 Å². The third-order valence-electron chi connectivity index (χ3n) is 7.18. The van der Waals surface area contributed by atoms with Crippen molar-refractivity contribution in [3.63, 3.8) is 0 Å². The van der Waals surface area contributed by atoms with Gasteiger partial charge in [-0.25, -0.2) is 22.0 Å². The van der Waals surface area contributed by atoms with Crippen LogP contribution in [-0.2, 0) is 0 Å². The minimum Gasteiger partial charge on any atom is -0.490 e. The monoisotopic (exact) mass is 464 g/mol. The molecule has 2 aliphatic rings.